The van der Waals surface area contributed by atoms with Crippen molar-refractivity contribution in [3.05, 3.63) is 18.0 Å². The van der Waals surface area contributed by atoms with Crippen molar-refractivity contribution in [2.45, 2.75) is 37.3 Å². The van der Waals surface area contributed by atoms with Crippen molar-refractivity contribution in [2.75, 3.05) is 48.4 Å². The van der Waals surface area contributed by atoms with Crippen LogP contribution in [0.3, 0.4) is 0 Å². The summed E-state index contributed by atoms with van der Waals surface area (Å²) >= 11 is 0. The van der Waals surface area contributed by atoms with E-state index < -0.39 is 5.92 Å². The minimum Gasteiger partial charge on any atom is -0.394 e. The summed E-state index contributed by atoms with van der Waals surface area (Å²) in [5.41, 5.74) is 7.89. The summed E-state index contributed by atoms with van der Waals surface area (Å²) in [6, 6.07) is -0.506. The van der Waals surface area contributed by atoms with Gasteiger partial charge in [-0.25, -0.2) is 23.7 Å². The first-order chi connectivity index (χ1) is 14.4. The van der Waals surface area contributed by atoms with Gasteiger partial charge >= 0.3 is 0 Å². The van der Waals surface area contributed by atoms with Crippen LogP contribution < -0.4 is 15.5 Å². The Hall–Kier alpha value is -2.66. The van der Waals surface area contributed by atoms with Crippen LogP contribution >= 0.6 is 0 Å². The molecule has 2 aliphatic heterocycles. The number of halogens is 2. The lowest BCUT2D eigenvalue weighted by atomic mass is 9.87. The van der Waals surface area contributed by atoms with E-state index in [1.807, 2.05) is 9.80 Å². The van der Waals surface area contributed by atoms with Crippen molar-refractivity contribution in [3.8, 4) is 11.3 Å². The molecule has 0 aromatic carbocycles. The number of rotatable bonds is 4. The lowest BCUT2D eigenvalue weighted by Crippen LogP contribution is -2.51. The summed E-state index contributed by atoms with van der Waals surface area (Å²) in [5.74, 6) is -1.32. The van der Waals surface area contributed by atoms with E-state index in [0.29, 0.717) is 55.7 Å². The number of aliphatic hydroxyl groups is 1. The van der Waals surface area contributed by atoms with Gasteiger partial charge in [-0.1, -0.05) is 0 Å². The third-order valence-corrected chi connectivity index (χ3v) is 6.00. The van der Waals surface area contributed by atoms with Gasteiger partial charge in [-0.15, -0.1) is 0 Å². The van der Waals surface area contributed by atoms with Crippen LogP contribution in [-0.2, 0) is 11.2 Å². The summed E-state index contributed by atoms with van der Waals surface area (Å²) in [6.45, 7) is 1.91. The van der Waals surface area contributed by atoms with Gasteiger partial charge in [-0.3, -0.25) is 0 Å². The SMILES string of the molecule is Nc1ncc(-c2nc(N3CCOC[C@H]3CO)nc3c2CCN3C2CC(F)(F)C2)cn1. The minimum absolute atomic E-state index is 0.0979. The number of aliphatic hydroxyl groups excluding tert-OH is 1. The molecule has 1 saturated heterocycles. The number of fused-ring (bicyclic) bond motifs is 1. The molecule has 160 valence electrons. The second-order valence-electron chi connectivity index (χ2n) is 7.97. The molecule has 1 atom stereocenters. The summed E-state index contributed by atoms with van der Waals surface area (Å²) < 4.78 is 32.5. The molecule has 2 fully saturated rings. The number of anilines is 3. The molecular weight excluding hydrogens is 396 g/mol. The van der Waals surface area contributed by atoms with Crippen molar-refractivity contribution >= 4 is 17.7 Å². The van der Waals surface area contributed by atoms with Crippen LogP contribution in [-0.4, -0.2) is 76.0 Å². The summed E-state index contributed by atoms with van der Waals surface area (Å²) in [5, 5.41) is 9.77. The molecule has 9 nitrogen and oxygen atoms in total. The molecule has 4 heterocycles. The predicted octanol–water partition coefficient (Wildman–Crippen LogP) is 0.873. The van der Waals surface area contributed by atoms with E-state index in [1.54, 1.807) is 12.4 Å². The largest absolute Gasteiger partial charge is 0.394 e. The maximum absolute atomic E-state index is 13.5. The van der Waals surface area contributed by atoms with Crippen molar-refractivity contribution in [2.24, 2.45) is 0 Å². The maximum Gasteiger partial charge on any atom is 0.252 e. The first-order valence-electron chi connectivity index (χ1n) is 10.0. The van der Waals surface area contributed by atoms with Crippen LogP contribution in [0.5, 0.6) is 0 Å². The number of ether oxygens (including phenoxy) is 1. The van der Waals surface area contributed by atoms with E-state index >= 15 is 0 Å². The molecule has 2 aromatic heterocycles. The Morgan fingerprint density at radius 3 is 2.63 bits per heavy atom. The number of hydrogen-bond donors (Lipinski definition) is 2. The predicted molar refractivity (Wildman–Crippen MR) is 106 cm³/mol. The third kappa shape index (κ3) is 3.31. The first kappa shape index (κ1) is 19.3. The van der Waals surface area contributed by atoms with Gasteiger partial charge in [-0.05, 0) is 6.42 Å². The van der Waals surface area contributed by atoms with E-state index in [4.69, 9.17) is 20.4 Å². The molecule has 0 unspecified atom stereocenters. The zero-order valence-corrected chi connectivity index (χ0v) is 16.3. The van der Waals surface area contributed by atoms with Gasteiger partial charge < -0.3 is 25.4 Å². The molecular formula is C19H23F2N7O2. The number of nitrogen functional groups attached to an aromatic ring is 1. The summed E-state index contributed by atoms with van der Waals surface area (Å²) in [6.07, 6.45) is 3.55. The molecule has 3 aliphatic rings. The Labute approximate surface area is 171 Å². The minimum atomic E-state index is -2.61. The second kappa shape index (κ2) is 7.24. The molecule has 3 N–H and O–H groups in total. The van der Waals surface area contributed by atoms with Gasteiger partial charge in [0.15, 0.2) is 0 Å². The summed E-state index contributed by atoms with van der Waals surface area (Å²) in [7, 11) is 0. The topological polar surface area (TPSA) is 114 Å². The fourth-order valence-electron chi connectivity index (χ4n) is 4.37. The molecule has 30 heavy (non-hydrogen) atoms. The quantitative estimate of drug-likeness (QED) is 0.745. The molecule has 0 bridgehead atoms. The van der Waals surface area contributed by atoms with Crippen molar-refractivity contribution in [1.82, 2.24) is 19.9 Å². The molecule has 5 rings (SSSR count). The van der Waals surface area contributed by atoms with Gasteiger partial charge in [0.2, 0.25) is 11.9 Å². The Balaban J connectivity index is 1.58. The average molecular weight is 419 g/mol. The van der Waals surface area contributed by atoms with Gasteiger partial charge in [0.1, 0.15) is 5.82 Å². The van der Waals surface area contributed by atoms with Crippen molar-refractivity contribution in [1.29, 1.82) is 0 Å². The fraction of sp³-hybridized carbons (Fsp3) is 0.579. The maximum atomic E-state index is 13.5. The Morgan fingerprint density at radius 1 is 1.17 bits per heavy atom. The third-order valence-electron chi connectivity index (χ3n) is 6.00. The van der Waals surface area contributed by atoms with E-state index in [9.17, 15) is 13.9 Å². The zero-order chi connectivity index (χ0) is 20.9. The number of nitrogens with zero attached hydrogens (tertiary/aromatic N) is 6. The van der Waals surface area contributed by atoms with Gasteiger partial charge in [0, 0.05) is 55.5 Å². The number of morpholine rings is 1. The van der Waals surface area contributed by atoms with Gasteiger partial charge in [-0.2, -0.15) is 4.98 Å². The van der Waals surface area contributed by atoms with Gasteiger partial charge in [0.05, 0.1) is 31.6 Å². The Kier molecular flexibility index (Phi) is 4.66. The van der Waals surface area contributed by atoms with Crippen molar-refractivity contribution < 1.29 is 18.6 Å². The van der Waals surface area contributed by atoms with Crippen LogP contribution in [0.2, 0.25) is 0 Å². The molecule has 0 spiro atoms. The lowest BCUT2D eigenvalue weighted by Gasteiger charge is -2.42. The lowest BCUT2D eigenvalue weighted by molar-refractivity contribution is -0.0855. The second-order valence-corrected chi connectivity index (χ2v) is 7.97. The number of aromatic nitrogens is 4. The average Bonchev–Trinajstić information content (AvgIpc) is 3.15. The van der Waals surface area contributed by atoms with Crippen molar-refractivity contribution in [3.63, 3.8) is 0 Å². The van der Waals surface area contributed by atoms with E-state index in [-0.39, 0.29) is 37.5 Å². The first-order valence-corrected chi connectivity index (χ1v) is 10.0. The summed E-state index contributed by atoms with van der Waals surface area (Å²) in [4.78, 5) is 21.6. The smallest absolute Gasteiger partial charge is 0.252 e. The highest BCUT2D eigenvalue weighted by molar-refractivity contribution is 5.72. The molecule has 0 radical (unpaired) electrons. The molecule has 11 heteroatoms. The number of nitrogens with two attached hydrogens (primary N) is 1. The normalized spacial score (nSPS) is 23.4. The molecule has 2 aromatic rings. The highest BCUT2D eigenvalue weighted by Gasteiger charge is 2.49. The van der Waals surface area contributed by atoms with Crippen LogP contribution in [0.15, 0.2) is 12.4 Å². The fourth-order valence-corrected chi connectivity index (χ4v) is 4.37. The van der Waals surface area contributed by atoms with Crippen LogP contribution in [0.1, 0.15) is 18.4 Å². The monoisotopic (exact) mass is 419 g/mol. The Morgan fingerprint density at radius 2 is 1.93 bits per heavy atom. The van der Waals surface area contributed by atoms with E-state index in [2.05, 4.69) is 9.97 Å². The number of hydrogen-bond acceptors (Lipinski definition) is 9. The standard InChI is InChI=1S/C19H23F2N7O2/c20-19(21)5-12(6-19)27-2-1-14-15(11-7-23-17(22)24-8-11)25-18(26-16(14)27)28-3-4-30-10-13(28)9-29/h7-8,12-13,29H,1-6,9-10H2,(H2,22,23,24)/t13-/m1/s1. The van der Waals surface area contributed by atoms with Gasteiger partial charge in [0.25, 0.3) is 5.92 Å². The highest BCUT2D eigenvalue weighted by atomic mass is 19.3. The zero-order valence-electron chi connectivity index (χ0n) is 16.3. The van der Waals surface area contributed by atoms with Crippen LogP contribution in [0, 0.1) is 0 Å². The van der Waals surface area contributed by atoms with E-state index in [0.717, 1.165) is 5.56 Å². The number of alkyl halides is 2. The van der Waals surface area contributed by atoms with Crippen LogP contribution in [0.4, 0.5) is 26.5 Å². The highest BCUT2D eigenvalue weighted by Crippen LogP contribution is 2.45. The van der Waals surface area contributed by atoms with Crippen LogP contribution in [0.25, 0.3) is 11.3 Å². The molecule has 1 saturated carbocycles. The Bertz CT molecular complexity index is 935. The molecule has 1 aliphatic carbocycles. The molecule has 0 amide bonds. The van der Waals surface area contributed by atoms with E-state index in [1.165, 1.54) is 0 Å².